The Bertz CT molecular complexity index is 731. The summed E-state index contributed by atoms with van der Waals surface area (Å²) in [7, 11) is 1.85. The van der Waals surface area contributed by atoms with E-state index in [1.54, 1.807) is 0 Å². The highest BCUT2D eigenvalue weighted by molar-refractivity contribution is 6.30. The highest BCUT2D eigenvalue weighted by Gasteiger charge is 2.34. The van der Waals surface area contributed by atoms with Crippen molar-refractivity contribution in [1.29, 1.82) is 0 Å². The van der Waals surface area contributed by atoms with Crippen LogP contribution in [0.3, 0.4) is 0 Å². The molecule has 2 fully saturated rings. The molecule has 0 unspecified atom stereocenters. The monoisotopic (exact) mass is 399 g/mol. The molecule has 0 bridgehead atoms. The van der Waals surface area contributed by atoms with E-state index in [-0.39, 0.29) is 0 Å². The lowest BCUT2D eigenvalue weighted by atomic mass is 9.90. The Morgan fingerprint density at radius 3 is 2.50 bits per heavy atom. The average Bonchev–Trinajstić information content (AvgIpc) is 2.76. The van der Waals surface area contributed by atoms with Crippen LogP contribution in [-0.4, -0.2) is 54.8 Å². The number of halogens is 1. The van der Waals surface area contributed by atoms with E-state index in [4.69, 9.17) is 16.3 Å². The van der Waals surface area contributed by atoms with Gasteiger partial charge in [-0.2, -0.15) is 0 Å². The Kier molecular flexibility index (Phi) is 6.50. The van der Waals surface area contributed by atoms with E-state index in [1.165, 1.54) is 18.4 Å². The molecule has 2 atom stereocenters. The molecule has 4 rings (SSSR count). The second-order valence-electron chi connectivity index (χ2n) is 8.01. The molecule has 28 heavy (non-hydrogen) atoms. The summed E-state index contributed by atoms with van der Waals surface area (Å²) in [6.07, 6.45) is 7.98. The Labute approximate surface area is 173 Å². The molecule has 5 heteroatoms. The molecule has 1 aromatic heterocycles. The van der Waals surface area contributed by atoms with Gasteiger partial charge in [0.15, 0.2) is 0 Å². The highest BCUT2D eigenvalue weighted by atomic mass is 35.5. The molecule has 4 nitrogen and oxygen atoms in total. The number of aromatic nitrogens is 1. The zero-order valence-electron chi connectivity index (χ0n) is 16.6. The minimum Gasteiger partial charge on any atom is -0.381 e. The van der Waals surface area contributed by atoms with Crippen LogP contribution >= 0.6 is 11.6 Å². The van der Waals surface area contributed by atoms with Gasteiger partial charge < -0.3 is 9.64 Å². The number of anilines is 1. The number of hydrogen-bond acceptors (Lipinski definition) is 4. The molecule has 2 saturated heterocycles. The molecular formula is C23H30ClN3O. The van der Waals surface area contributed by atoms with Crippen LogP contribution in [0.1, 0.15) is 31.2 Å². The van der Waals surface area contributed by atoms with Crippen LogP contribution in [0.4, 0.5) is 5.82 Å². The first-order chi connectivity index (χ1) is 13.7. The van der Waals surface area contributed by atoms with E-state index in [2.05, 4.69) is 39.0 Å². The lowest BCUT2D eigenvalue weighted by Crippen LogP contribution is -2.54. The first-order valence-electron chi connectivity index (χ1n) is 10.4. The maximum Gasteiger partial charge on any atom is 0.128 e. The van der Waals surface area contributed by atoms with Gasteiger partial charge in [-0.3, -0.25) is 4.90 Å². The standard InChI is InChI=1S/C23H30ClN3O/c1-28-22-11-15-27(21(17-22)16-18-5-7-19(24)8-6-18)20-9-13-26(14-10-20)23-4-2-3-12-25-23/h2-8,12,20-22H,9-11,13-17H2,1H3/t21-,22+/m0/s1. The molecule has 2 aliphatic heterocycles. The number of ether oxygens (including phenoxy) is 1. The summed E-state index contributed by atoms with van der Waals surface area (Å²) in [6.45, 7) is 3.30. The topological polar surface area (TPSA) is 28.6 Å². The van der Waals surface area contributed by atoms with Crippen LogP contribution in [0.2, 0.25) is 5.02 Å². The third-order valence-corrected chi connectivity index (χ3v) is 6.59. The van der Waals surface area contributed by atoms with Gasteiger partial charge in [-0.1, -0.05) is 29.8 Å². The van der Waals surface area contributed by atoms with Crippen LogP contribution in [-0.2, 0) is 11.2 Å². The largest absolute Gasteiger partial charge is 0.381 e. The maximum atomic E-state index is 6.07. The quantitative estimate of drug-likeness (QED) is 0.743. The van der Waals surface area contributed by atoms with Gasteiger partial charge in [0.05, 0.1) is 6.10 Å². The van der Waals surface area contributed by atoms with Gasteiger partial charge >= 0.3 is 0 Å². The molecule has 0 N–H and O–H groups in total. The van der Waals surface area contributed by atoms with Gasteiger partial charge in [-0.25, -0.2) is 4.98 Å². The van der Waals surface area contributed by atoms with E-state index in [9.17, 15) is 0 Å². The van der Waals surface area contributed by atoms with E-state index in [1.807, 2.05) is 31.5 Å². The highest BCUT2D eigenvalue weighted by Crippen LogP contribution is 2.30. The first-order valence-corrected chi connectivity index (χ1v) is 10.8. The number of methoxy groups -OCH3 is 1. The van der Waals surface area contributed by atoms with Crippen LogP contribution in [0.25, 0.3) is 0 Å². The van der Waals surface area contributed by atoms with Crippen molar-refractivity contribution in [3.63, 3.8) is 0 Å². The summed E-state index contributed by atoms with van der Waals surface area (Å²) in [5.41, 5.74) is 1.36. The van der Waals surface area contributed by atoms with Crippen molar-refractivity contribution in [2.24, 2.45) is 0 Å². The van der Waals surface area contributed by atoms with Crippen LogP contribution in [0, 0.1) is 0 Å². The number of benzene rings is 1. The minimum atomic E-state index is 0.377. The van der Waals surface area contributed by atoms with Crippen LogP contribution in [0.5, 0.6) is 0 Å². The molecule has 0 spiro atoms. The Morgan fingerprint density at radius 1 is 1.04 bits per heavy atom. The predicted octanol–water partition coefficient (Wildman–Crippen LogP) is 4.43. The normalized spacial score (nSPS) is 24.4. The van der Waals surface area contributed by atoms with E-state index >= 15 is 0 Å². The molecule has 150 valence electrons. The second-order valence-corrected chi connectivity index (χ2v) is 8.45. The first kappa shape index (κ1) is 19.7. The number of hydrogen-bond donors (Lipinski definition) is 0. The molecule has 2 aromatic rings. The van der Waals surface area contributed by atoms with E-state index < -0.39 is 0 Å². The molecule has 0 amide bonds. The summed E-state index contributed by atoms with van der Waals surface area (Å²) in [6, 6.07) is 15.7. The summed E-state index contributed by atoms with van der Waals surface area (Å²) in [5, 5.41) is 0.806. The minimum absolute atomic E-state index is 0.377. The van der Waals surface area contributed by atoms with Crippen molar-refractivity contribution in [3.8, 4) is 0 Å². The fourth-order valence-corrected chi connectivity index (χ4v) is 4.91. The summed E-state index contributed by atoms with van der Waals surface area (Å²) < 4.78 is 5.72. The molecule has 0 radical (unpaired) electrons. The van der Waals surface area contributed by atoms with Crippen molar-refractivity contribution in [1.82, 2.24) is 9.88 Å². The van der Waals surface area contributed by atoms with Gasteiger partial charge in [-0.15, -0.1) is 0 Å². The number of nitrogens with zero attached hydrogens (tertiary/aromatic N) is 3. The number of piperidine rings is 2. The van der Waals surface area contributed by atoms with Gasteiger partial charge in [-0.05, 0) is 61.9 Å². The Morgan fingerprint density at radius 2 is 1.82 bits per heavy atom. The zero-order chi connectivity index (χ0) is 19.3. The fraction of sp³-hybridized carbons (Fsp3) is 0.522. The zero-order valence-corrected chi connectivity index (χ0v) is 17.4. The van der Waals surface area contributed by atoms with Crippen molar-refractivity contribution < 1.29 is 4.74 Å². The van der Waals surface area contributed by atoms with Crippen molar-refractivity contribution in [2.45, 2.75) is 50.3 Å². The molecule has 0 aliphatic carbocycles. The van der Waals surface area contributed by atoms with Gasteiger partial charge in [0.1, 0.15) is 5.82 Å². The second kappa shape index (κ2) is 9.25. The SMILES string of the molecule is CO[C@@H]1CCN(C2CCN(c3ccccn3)CC2)[C@@H](Cc2ccc(Cl)cc2)C1. The number of rotatable bonds is 5. The third-order valence-electron chi connectivity index (χ3n) is 6.34. The molecule has 3 heterocycles. The smallest absolute Gasteiger partial charge is 0.128 e. The maximum absolute atomic E-state index is 6.07. The van der Waals surface area contributed by atoms with Crippen molar-refractivity contribution >= 4 is 17.4 Å². The average molecular weight is 400 g/mol. The molecule has 1 aromatic carbocycles. The third kappa shape index (κ3) is 4.68. The Balaban J connectivity index is 1.42. The number of pyridine rings is 1. The predicted molar refractivity (Wildman–Crippen MR) is 115 cm³/mol. The summed E-state index contributed by atoms with van der Waals surface area (Å²) >= 11 is 6.07. The van der Waals surface area contributed by atoms with Crippen molar-refractivity contribution in [3.05, 3.63) is 59.2 Å². The lowest BCUT2D eigenvalue weighted by molar-refractivity contribution is -0.0111. The lowest BCUT2D eigenvalue weighted by Gasteiger charge is -2.46. The van der Waals surface area contributed by atoms with Gasteiger partial charge in [0.25, 0.3) is 0 Å². The fourth-order valence-electron chi connectivity index (χ4n) is 4.79. The van der Waals surface area contributed by atoms with Gasteiger partial charge in [0, 0.05) is 50.0 Å². The van der Waals surface area contributed by atoms with Crippen LogP contribution in [0.15, 0.2) is 48.7 Å². The Hall–Kier alpha value is -1.62. The number of likely N-dealkylation sites (tertiary alicyclic amines) is 1. The van der Waals surface area contributed by atoms with Crippen molar-refractivity contribution in [2.75, 3.05) is 31.6 Å². The van der Waals surface area contributed by atoms with E-state index in [0.717, 1.165) is 49.7 Å². The van der Waals surface area contributed by atoms with Crippen LogP contribution < -0.4 is 4.90 Å². The van der Waals surface area contributed by atoms with E-state index in [0.29, 0.717) is 18.2 Å². The summed E-state index contributed by atoms with van der Waals surface area (Å²) in [5.74, 6) is 1.11. The molecule has 2 aliphatic rings. The molecule has 0 saturated carbocycles. The van der Waals surface area contributed by atoms with Gasteiger partial charge in [0.2, 0.25) is 0 Å². The molecular weight excluding hydrogens is 370 g/mol. The summed E-state index contributed by atoms with van der Waals surface area (Å²) in [4.78, 5) is 9.71.